The second-order valence-electron chi connectivity index (χ2n) is 4.59. The lowest BCUT2D eigenvalue weighted by atomic mass is 10.1. The second kappa shape index (κ2) is 9.38. The molecule has 0 unspecified atom stereocenters. The van der Waals surface area contributed by atoms with Gasteiger partial charge in [-0.3, -0.25) is 4.98 Å². The van der Waals surface area contributed by atoms with E-state index in [2.05, 4.69) is 18.0 Å². The first-order valence-corrected chi connectivity index (χ1v) is 6.82. The third-order valence-electron chi connectivity index (χ3n) is 3.04. The van der Waals surface area contributed by atoms with Gasteiger partial charge in [-0.05, 0) is 24.5 Å². The van der Waals surface area contributed by atoms with Crippen LogP contribution in [0.2, 0.25) is 0 Å². The van der Waals surface area contributed by atoms with Crippen LogP contribution in [-0.4, -0.2) is 4.98 Å². The fourth-order valence-electron chi connectivity index (χ4n) is 2.01. The summed E-state index contributed by atoms with van der Waals surface area (Å²) in [7, 11) is 0. The molecule has 0 saturated heterocycles. The summed E-state index contributed by atoms with van der Waals surface area (Å²) in [5.41, 5.74) is 1.38. The van der Waals surface area contributed by atoms with E-state index >= 15 is 0 Å². The molecule has 0 saturated carbocycles. The Labute approximate surface area is 100 Å². The van der Waals surface area contributed by atoms with Gasteiger partial charge in [-0.25, -0.2) is 0 Å². The first-order chi connectivity index (χ1) is 7.93. The lowest BCUT2D eigenvalue weighted by Crippen LogP contribution is -1.87. The summed E-state index contributed by atoms with van der Waals surface area (Å²) >= 11 is 0. The molecule has 0 radical (unpaired) electrons. The van der Waals surface area contributed by atoms with Crippen molar-refractivity contribution in [2.75, 3.05) is 0 Å². The maximum Gasteiger partial charge on any atom is 0.0299 e. The molecule has 0 N–H and O–H groups in total. The molecule has 1 heteroatoms. The summed E-state index contributed by atoms with van der Waals surface area (Å²) in [5.74, 6) is 0. The van der Waals surface area contributed by atoms with Crippen LogP contribution in [0.25, 0.3) is 0 Å². The number of nitrogens with zero attached hydrogens (tertiary/aromatic N) is 1. The van der Waals surface area contributed by atoms with Crippen molar-refractivity contribution < 1.29 is 0 Å². The van der Waals surface area contributed by atoms with E-state index in [0.29, 0.717) is 0 Å². The highest BCUT2D eigenvalue weighted by atomic mass is 14.6. The molecule has 1 rings (SSSR count). The Morgan fingerprint density at radius 3 is 2.25 bits per heavy atom. The standard InChI is InChI=1S/C15H25N/c1-2-3-4-5-6-7-8-9-11-15-12-10-13-16-14-15/h10,12-14H,2-9,11H2,1H3. The Kier molecular flexibility index (Phi) is 7.75. The number of hydrogen-bond acceptors (Lipinski definition) is 1. The summed E-state index contributed by atoms with van der Waals surface area (Å²) < 4.78 is 0. The van der Waals surface area contributed by atoms with Gasteiger partial charge < -0.3 is 0 Å². The Morgan fingerprint density at radius 2 is 1.62 bits per heavy atom. The molecule has 0 amide bonds. The fourth-order valence-corrected chi connectivity index (χ4v) is 2.01. The van der Waals surface area contributed by atoms with Crippen molar-refractivity contribution in [3.63, 3.8) is 0 Å². The summed E-state index contributed by atoms with van der Waals surface area (Å²) in [6.45, 7) is 2.27. The lowest BCUT2D eigenvalue weighted by molar-refractivity contribution is 0.575. The summed E-state index contributed by atoms with van der Waals surface area (Å²) in [6.07, 6.45) is 16.2. The van der Waals surface area contributed by atoms with Crippen LogP contribution < -0.4 is 0 Å². The molecule has 1 nitrogen and oxygen atoms in total. The Bertz CT molecular complexity index is 243. The zero-order valence-corrected chi connectivity index (χ0v) is 10.6. The van der Waals surface area contributed by atoms with Gasteiger partial charge in [-0.1, -0.05) is 57.9 Å². The van der Waals surface area contributed by atoms with Crippen molar-refractivity contribution in [3.05, 3.63) is 30.1 Å². The van der Waals surface area contributed by atoms with E-state index in [9.17, 15) is 0 Å². The van der Waals surface area contributed by atoms with Crippen molar-refractivity contribution in [2.24, 2.45) is 0 Å². The van der Waals surface area contributed by atoms with Crippen molar-refractivity contribution in [1.29, 1.82) is 0 Å². The lowest BCUT2D eigenvalue weighted by Gasteiger charge is -2.01. The number of pyridine rings is 1. The number of rotatable bonds is 9. The highest BCUT2D eigenvalue weighted by Crippen LogP contribution is 2.10. The third kappa shape index (κ3) is 6.60. The molecule has 0 atom stereocenters. The van der Waals surface area contributed by atoms with E-state index in [0.717, 1.165) is 0 Å². The van der Waals surface area contributed by atoms with E-state index < -0.39 is 0 Å². The molecule has 1 heterocycles. The summed E-state index contributed by atoms with van der Waals surface area (Å²) in [6, 6.07) is 4.20. The van der Waals surface area contributed by atoms with Crippen molar-refractivity contribution in [3.8, 4) is 0 Å². The van der Waals surface area contributed by atoms with Crippen molar-refractivity contribution in [1.82, 2.24) is 4.98 Å². The van der Waals surface area contributed by atoms with Gasteiger partial charge in [0, 0.05) is 12.4 Å². The zero-order valence-electron chi connectivity index (χ0n) is 10.6. The van der Waals surface area contributed by atoms with Gasteiger partial charge >= 0.3 is 0 Å². The smallest absolute Gasteiger partial charge is 0.0299 e. The van der Waals surface area contributed by atoms with Crippen LogP contribution in [0, 0.1) is 0 Å². The van der Waals surface area contributed by atoms with Gasteiger partial charge in [0.25, 0.3) is 0 Å². The number of aryl methyl sites for hydroxylation is 1. The van der Waals surface area contributed by atoms with E-state index in [1.165, 1.54) is 63.4 Å². The maximum atomic E-state index is 4.13. The van der Waals surface area contributed by atoms with E-state index in [-0.39, 0.29) is 0 Å². The normalized spacial score (nSPS) is 10.6. The average Bonchev–Trinajstić information content (AvgIpc) is 2.34. The molecular formula is C15H25N. The van der Waals surface area contributed by atoms with Crippen LogP contribution in [0.15, 0.2) is 24.5 Å². The molecule has 16 heavy (non-hydrogen) atoms. The number of aromatic nitrogens is 1. The van der Waals surface area contributed by atoms with Crippen molar-refractivity contribution in [2.45, 2.75) is 64.7 Å². The van der Waals surface area contributed by atoms with Gasteiger partial charge in [0.05, 0.1) is 0 Å². The Hall–Kier alpha value is -0.850. The minimum atomic E-state index is 1.20. The summed E-state index contributed by atoms with van der Waals surface area (Å²) in [4.78, 5) is 4.13. The fraction of sp³-hybridized carbons (Fsp3) is 0.667. The molecule has 0 spiro atoms. The van der Waals surface area contributed by atoms with Crippen LogP contribution in [0.5, 0.6) is 0 Å². The minimum absolute atomic E-state index is 1.20. The van der Waals surface area contributed by atoms with Gasteiger partial charge in [-0.15, -0.1) is 0 Å². The summed E-state index contributed by atoms with van der Waals surface area (Å²) in [5, 5.41) is 0. The first-order valence-electron chi connectivity index (χ1n) is 6.82. The van der Waals surface area contributed by atoms with Crippen LogP contribution >= 0.6 is 0 Å². The topological polar surface area (TPSA) is 12.9 Å². The first kappa shape index (κ1) is 13.2. The Morgan fingerprint density at radius 1 is 0.938 bits per heavy atom. The number of hydrogen-bond donors (Lipinski definition) is 0. The molecule has 1 aromatic rings. The highest BCUT2D eigenvalue weighted by molar-refractivity contribution is 5.08. The third-order valence-corrected chi connectivity index (χ3v) is 3.04. The quantitative estimate of drug-likeness (QED) is 0.545. The molecular weight excluding hydrogens is 194 g/mol. The molecule has 0 aliphatic carbocycles. The van der Waals surface area contributed by atoms with Crippen LogP contribution in [0.4, 0.5) is 0 Å². The predicted molar refractivity (Wildman–Crippen MR) is 70.6 cm³/mol. The highest BCUT2D eigenvalue weighted by Gasteiger charge is 1.93. The van der Waals surface area contributed by atoms with E-state index in [1.54, 1.807) is 0 Å². The largest absolute Gasteiger partial charge is 0.264 e. The van der Waals surface area contributed by atoms with Gasteiger partial charge in [0.1, 0.15) is 0 Å². The second-order valence-corrected chi connectivity index (χ2v) is 4.59. The van der Waals surface area contributed by atoms with E-state index in [4.69, 9.17) is 0 Å². The molecule has 1 aromatic heterocycles. The zero-order chi connectivity index (χ0) is 11.5. The SMILES string of the molecule is CCCCCCCCCCc1cccnc1. The van der Waals surface area contributed by atoms with Crippen LogP contribution in [-0.2, 0) is 6.42 Å². The average molecular weight is 219 g/mol. The van der Waals surface area contributed by atoms with Crippen LogP contribution in [0.3, 0.4) is 0 Å². The predicted octanol–water partition coefficient (Wildman–Crippen LogP) is 4.76. The molecule has 0 bridgehead atoms. The van der Waals surface area contributed by atoms with E-state index in [1.807, 2.05) is 18.5 Å². The molecule has 0 aliphatic heterocycles. The van der Waals surface area contributed by atoms with Gasteiger partial charge in [-0.2, -0.15) is 0 Å². The Balaban J connectivity index is 1.89. The molecule has 0 aromatic carbocycles. The molecule has 0 aliphatic rings. The minimum Gasteiger partial charge on any atom is -0.264 e. The monoisotopic (exact) mass is 219 g/mol. The molecule has 0 fully saturated rings. The van der Waals surface area contributed by atoms with Gasteiger partial charge in [0.2, 0.25) is 0 Å². The van der Waals surface area contributed by atoms with Gasteiger partial charge in [0.15, 0.2) is 0 Å². The maximum absolute atomic E-state index is 4.13. The van der Waals surface area contributed by atoms with Crippen LogP contribution in [0.1, 0.15) is 63.9 Å². The number of unbranched alkanes of at least 4 members (excludes halogenated alkanes) is 7. The van der Waals surface area contributed by atoms with Crippen molar-refractivity contribution >= 4 is 0 Å². The molecule has 90 valence electrons.